The number of nitrogens with zero attached hydrogens (tertiary/aromatic N) is 5. The molecule has 0 aliphatic carbocycles. The molecule has 2 saturated heterocycles. The summed E-state index contributed by atoms with van der Waals surface area (Å²) in [7, 11) is 0. The lowest BCUT2D eigenvalue weighted by Crippen LogP contribution is -2.76. The van der Waals surface area contributed by atoms with Gasteiger partial charge in [0, 0.05) is 48.3 Å². The smallest absolute Gasteiger partial charge is 0.334 e. The van der Waals surface area contributed by atoms with Crippen LogP contribution in [-0.4, -0.2) is 79.5 Å². The molecular formula is C33H32N6O6S. The number of nitro groups is 1. The number of phenolic OH excluding ortho intramolecular Hbond substituents is 1. The first-order valence-electron chi connectivity index (χ1n) is 14.7. The Labute approximate surface area is 268 Å². The Bertz CT molecular complexity index is 1800. The maximum absolute atomic E-state index is 14.3. The highest BCUT2D eigenvalue weighted by molar-refractivity contribution is 7.17. The number of nitrogens with one attached hydrogen (secondary N) is 1. The van der Waals surface area contributed by atoms with E-state index in [2.05, 4.69) is 11.9 Å². The molecule has 3 heterocycles. The molecule has 3 aromatic carbocycles. The zero-order chi connectivity index (χ0) is 32.4. The van der Waals surface area contributed by atoms with Crippen molar-refractivity contribution in [2.45, 2.75) is 31.7 Å². The average molecular weight is 641 g/mol. The van der Waals surface area contributed by atoms with Gasteiger partial charge in [0.1, 0.15) is 18.0 Å². The number of hydrogen-bond donors (Lipinski definition) is 2. The lowest BCUT2D eigenvalue weighted by Gasteiger charge is -2.55. The van der Waals surface area contributed by atoms with Gasteiger partial charge >= 0.3 is 6.03 Å². The van der Waals surface area contributed by atoms with Gasteiger partial charge in [0.2, 0.25) is 11.8 Å². The highest BCUT2D eigenvalue weighted by atomic mass is 32.1. The Kier molecular flexibility index (Phi) is 8.68. The molecule has 0 spiro atoms. The van der Waals surface area contributed by atoms with Crippen molar-refractivity contribution in [2.24, 2.45) is 0 Å². The normalized spacial score (nSPS) is 18.5. The minimum absolute atomic E-state index is 0.0231. The number of hydrogen-bond acceptors (Lipinski definition) is 8. The van der Waals surface area contributed by atoms with Crippen LogP contribution >= 0.6 is 11.3 Å². The van der Waals surface area contributed by atoms with E-state index in [4.69, 9.17) is 0 Å². The SMILES string of the molecule is C=CCN1CC(=O)N2[C@@H](Cc3ccc(O)cc3)C(=O)N(Cc3csc4ccc([N+](=O)[O-])cc34)C[C@@H]2N1C(=O)NCc1ccccc1. The fourth-order valence-electron chi connectivity index (χ4n) is 6.06. The van der Waals surface area contributed by atoms with Crippen LogP contribution < -0.4 is 5.32 Å². The molecule has 236 valence electrons. The van der Waals surface area contributed by atoms with Crippen molar-refractivity contribution < 1.29 is 24.4 Å². The minimum Gasteiger partial charge on any atom is -0.508 e. The lowest BCUT2D eigenvalue weighted by molar-refractivity contribution is -0.384. The molecule has 2 aliphatic heterocycles. The van der Waals surface area contributed by atoms with Crippen LogP contribution in [0.2, 0.25) is 0 Å². The van der Waals surface area contributed by atoms with Gasteiger partial charge in [0.15, 0.2) is 0 Å². The Hall–Kier alpha value is -5.27. The van der Waals surface area contributed by atoms with Crippen LogP contribution in [0.1, 0.15) is 16.7 Å². The van der Waals surface area contributed by atoms with Gasteiger partial charge in [-0.3, -0.25) is 19.7 Å². The Morgan fingerprint density at radius 1 is 1.09 bits per heavy atom. The maximum Gasteiger partial charge on any atom is 0.334 e. The van der Waals surface area contributed by atoms with Crippen LogP contribution in [0.3, 0.4) is 0 Å². The second-order valence-electron chi connectivity index (χ2n) is 11.2. The molecule has 0 radical (unpaired) electrons. The summed E-state index contributed by atoms with van der Waals surface area (Å²) in [6.45, 7) is 4.33. The number of amides is 4. The number of thiophene rings is 1. The molecule has 2 N–H and O–H groups in total. The van der Waals surface area contributed by atoms with Gasteiger partial charge in [0.25, 0.3) is 5.69 Å². The van der Waals surface area contributed by atoms with Gasteiger partial charge < -0.3 is 20.2 Å². The van der Waals surface area contributed by atoms with E-state index >= 15 is 0 Å². The quantitative estimate of drug-likeness (QED) is 0.158. The number of urea groups is 1. The number of phenols is 1. The number of fused-ring (bicyclic) bond motifs is 2. The van der Waals surface area contributed by atoms with Crippen LogP contribution in [-0.2, 0) is 29.1 Å². The fraction of sp³-hybridized carbons (Fsp3) is 0.242. The van der Waals surface area contributed by atoms with E-state index < -0.39 is 23.2 Å². The summed E-state index contributed by atoms with van der Waals surface area (Å²) < 4.78 is 0.847. The second-order valence-corrected chi connectivity index (χ2v) is 12.1. The van der Waals surface area contributed by atoms with Crippen molar-refractivity contribution in [3.05, 3.63) is 118 Å². The summed E-state index contributed by atoms with van der Waals surface area (Å²) in [6, 6.07) is 19.2. The van der Waals surface area contributed by atoms with Gasteiger partial charge in [-0.1, -0.05) is 48.5 Å². The molecule has 13 heteroatoms. The third-order valence-electron chi connectivity index (χ3n) is 8.24. The van der Waals surface area contributed by atoms with Crippen LogP contribution in [0.5, 0.6) is 5.75 Å². The molecular weight excluding hydrogens is 608 g/mol. The molecule has 1 aromatic heterocycles. The zero-order valence-electron chi connectivity index (χ0n) is 24.8. The number of aromatic hydroxyl groups is 1. The van der Waals surface area contributed by atoms with Crippen molar-refractivity contribution >= 4 is 45.0 Å². The molecule has 46 heavy (non-hydrogen) atoms. The average Bonchev–Trinajstić information content (AvgIpc) is 3.45. The molecule has 0 bridgehead atoms. The third-order valence-corrected chi connectivity index (χ3v) is 9.25. The number of nitro benzene ring substituents is 1. The number of rotatable bonds is 9. The van der Waals surface area contributed by atoms with E-state index in [1.165, 1.54) is 45.5 Å². The summed E-state index contributed by atoms with van der Waals surface area (Å²) in [5.74, 6) is -0.524. The number of carbonyl (C=O) groups is 3. The molecule has 0 unspecified atom stereocenters. The Balaban J connectivity index is 1.37. The van der Waals surface area contributed by atoms with E-state index in [1.807, 2.05) is 35.7 Å². The van der Waals surface area contributed by atoms with Crippen LogP contribution in [0.25, 0.3) is 10.1 Å². The summed E-state index contributed by atoms with van der Waals surface area (Å²) >= 11 is 1.43. The van der Waals surface area contributed by atoms with E-state index in [9.17, 15) is 29.6 Å². The van der Waals surface area contributed by atoms with Crippen LogP contribution in [0.4, 0.5) is 10.5 Å². The van der Waals surface area contributed by atoms with E-state index in [-0.39, 0.29) is 62.4 Å². The van der Waals surface area contributed by atoms with Crippen molar-refractivity contribution in [2.75, 3.05) is 19.6 Å². The van der Waals surface area contributed by atoms with Gasteiger partial charge in [-0.25, -0.2) is 14.8 Å². The number of benzene rings is 3. The molecule has 2 fully saturated rings. The van der Waals surface area contributed by atoms with Crippen molar-refractivity contribution in [3.63, 3.8) is 0 Å². The minimum atomic E-state index is -0.940. The summed E-state index contributed by atoms with van der Waals surface area (Å²) in [6.07, 6.45) is 0.940. The van der Waals surface area contributed by atoms with Gasteiger partial charge in [-0.2, -0.15) is 0 Å². The van der Waals surface area contributed by atoms with Crippen molar-refractivity contribution in [3.8, 4) is 5.75 Å². The third kappa shape index (κ3) is 6.14. The van der Waals surface area contributed by atoms with Crippen molar-refractivity contribution in [1.29, 1.82) is 0 Å². The van der Waals surface area contributed by atoms with Gasteiger partial charge in [-0.05, 0) is 40.3 Å². The van der Waals surface area contributed by atoms with Crippen LogP contribution in [0, 0.1) is 10.1 Å². The Morgan fingerprint density at radius 3 is 2.57 bits per heavy atom. The zero-order valence-corrected chi connectivity index (χ0v) is 25.6. The Morgan fingerprint density at radius 2 is 1.85 bits per heavy atom. The predicted octanol–water partition coefficient (Wildman–Crippen LogP) is 4.25. The van der Waals surface area contributed by atoms with Crippen molar-refractivity contribution in [1.82, 2.24) is 25.1 Å². The number of piperazine rings is 1. The first kappa shape index (κ1) is 30.7. The topological polar surface area (TPSA) is 140 Å². The van der Waals surface area contributed by atoms with Crippen LogP contribution in [0.15, 0.2) is 90.8 Å². The molecule has 2 aliphatic rings. The fourth-order valence-corrected chi connectivity index (χ4v) is 7.00. The van der Waals surface area contributed by atoms with E-state index in [0.29, 0.717) is 5.39 Å². The van der Waals surface area contributed by atoms with E-state index in [1.54, 1.807) is 34.2 Å². The molecule has 2 atom stereocenters. The molecule has 4 amide bonds. The summed E-state index contributed by atoms with van der Waals surface area (Å²) in [5, 5.41) is 30.0. The summed E-state index contributed by atoms with van der Waals surface area (Å²) in [5.41, 5.74) is 2.32. The standard InChI is InChI=1S/C33H32N6O6S/c1-2-14-36-20-31(41)37-28(15-22-8-11-26(40)12-9-22)32(42)35(18-24-21-46-29-13-10-25(39(44)45)16-27(24)29)19-30(37)38(36)33(43)34-17-23-6-4-3-5-7-23/h2-13,16,21,28,30,40H,1,14-15,17-20H2,(H,34,43)/t28-,30-/m0/s1. The highest BCUT2D eigenvalue weighted by Gasteiger charge is 2.51. The molecule has 4 aromatic rings. The predicted molar refractivity (Wildman–Crippen MR) is 172 cm³/mol. The molecule has 0 saturated carbocycles. The largest absolute Gasteiger partial charge is 0.508 e. The number of hydrazine groups is 1. The lowest BCUT2D eigenvalue weighted by atomic mass is 9.98. The second kappa shape index (κ2) is 13.0. The first-order valence-corrected chi connectivity index (χ1v) is 15.6. The van der Waals surface area contributed by atoms with E-state index in [0.717, 1.165) is 21.4 Å². The van der Waals surface area contributed by atoms with Gasteiger partial charge in [0.05, 0.1) is 18.0 Å². The monoisotopic (exact) mass is 640 g/mol. The first-order chi connectivity index (χ1) is 22.2. The van der Waals surface area contributed by atoms with Gasteiger partial charge in [-0.15, -0.1) is 17.9 Å². The molecule has 12 nitrogen and oxygen atoms in total. The molecule has 6 rings (SSSR count). The summed E-state index contributed by atoms with van der Waals surface area (Å²) in [4.78, 5) is 56.1. The number of non-ortho nitro benzene ring substituents is 1. The highest BCUT2D eigenvalue weighted by Crippen LogP contribution is 2.33. The maximum atomic E-state index is 14.3. The number of carbonyl (C=O) groups excluding carboxylic acids is 3.